The van der Waals surface area contributed by atoms with Crippen molar-refractivity contribution in [2.75, 3.05) is 0 Å². The molecule has 0 N–H and O–H groups in total. The maximum Gasteiger partial charge on any atom is 0 e. The van der Waals surface area contributed by atoms with Crippen molar-refractivity contribution >= 4 is 10.8 Å². The van der Waals surface area contributed by atoms with Crippen molar-refractivity contribution < 1.29 is 26.2 Å². The van der Waals surface area contributed by atoms with Crippen LogP contribution in [-0.4, -0.2) is 0 Å². The third-order valence-electron chi connectivity index (χ3n) is 3.89. The second kappa shape index (κ2) is 6.59. The maximum atomic E-state index is 2.33. The van der Waals surface area contributed by atoms with E-state index in [1.165, 1.54) is 33.0 Å². The first-order valence-corrected chi connectivity index (χ1v) is 7.09. The molecule has 0 aliphatic carbocycles. The molecule has 0 saturated carbocycles. The summed E-state index contributed by atoms with van der Waals surface area (Å²) in [6, 6.07) is 20.2. The fourth-order valence-electron chi connectivity index (χ4n) is 2.67. The summed E-state index contributed by atoms with van der Waals surface area (Å²) in [6.07, 6.45) is 2.20. The van der Waals surface area contributed by atoms with E-state index in [1.807, 2.05) is 0 Å². The van der Waals surface area contributed by atoms with E-state index in [4.69, 9.17) is 0 Å². The van der Waals surface area contributed by atoms with Crippen LogP contribution in [0.15, 0.2) is 54.6 Å². The summed E-state index contributed by atoms with van der Waals surface area (Å²) in [7, 11) is 0. The zero-order chi connectivity index (χ0) is 13.2. The molecule has 0 fully saturated rings. The SMILES string of the molecule is CCc1ccc(-c2cccc3[cH-]c(CC)cc23)cc1.[Zr]. The first kappa shape index (κ1) is 15.3. The Balaban J connectivity index is 0.00000147. The van der Waals surface area contributed by atoms with E-state index >= 15 is 0 Å². The van der Waals surface area contributed by atoms with Crippen molar-refractivity contribution in [1.82, 2.24) is 0 Å². The van der Waals surface area contributed by atoms with Gasteiger partial charge in [0, 0.05) is 26.2 Å². The van der Waals surface area contributed by atoms with Gasteiger partial charge in [0.05, 0.1) is 0 Å². The second-order valence-corrected chi connectivity index (χ2v) is 5.08. The van der Waals surface area contributed by atoms with Crippen molar-refractivity contribution in [3.63, 3.8) is 0 Å². The van der Waals surface area contributed by atoms with Gasteiger partial charge in [-0.25, -0.2) is 0 Å². The number of rotatable bonds is 3. The van der Waals surface area contributed by atoms with Gasteiger partial charge < -0.3 is 0 Å². The molecule has 0 nitrogen and oxygen atoms in total. The molecular weight excluding hydrogens is 319 g/mol. The van der Waals surface area contributed by atoms with Crippen molar-refractivity contribution in [2.45, 2.75) is 26.7 Å². The van der Waals surface area contributed by atoms with E-state index in [-0.39, 0.29) is 26.2 Å². The van der Waals surface area contributed by atoms with Gasteiger partial charge in [-0.2, -0.15) is 6.07 Å². The molecule has 0 amide bonds. The first-order valence-electron chi connectivity index (χ1n) is 7.09. The maximum absolute atomic E-state index is 2.33. The summed E-state index contributed by atoms with van der Waals surface area (Å²) in [4.78, 5) is 0. The van der Waals surface area contributed by atoms with Crippen LogP contribution in [0, 0.1) is 0 Å². The molecule has 3 rings (SSSR count). The summed E-state index contributed by atoms with van der Waals surface area (Å²) in [5.41, 5.74) is 5.48. The van der Waals surface area contributed by atoms with Crippen molar-refractivity contribution in [1.29, 1.82) is 0 Å². The van der Waals surface area contributed by atoms with Crippen LogP contribution in [0.2, 0.25) is 0 Å². The first-order chi connectivity index (χ1) is 9.31. The van der Waals surface area contributed by atoms with Gasteiger partial charge >= 0.3 is 0 Å². The molecule has 0 bridgehead atoms. The molecule has 1 heteroatoms. The number of hydrogen-bond acceptors (Lipinski definition) is 0. The van der Waals surface area contributed by atoms with Gasteiger partial charge in [-0.15, -0.1) is 34.5 Å². The fraction of sp³-hybridized carbons (Fsp3) is 0.211. The van der Waals surface area contributed by atoms with Crippen LogP contribution < -0.4 is 0 Å². The molecule has 3 aromatic carbocycles. The van der Waals surface area contributed by atoms with E-state index in [2.05, 4.69) is 68.4 Å². The normalized spacial score (nSPS) is 10.5. The largest absolute Gasteiger partial charge is 0.164 e. The van der Waals surface area contributed by atoms with E-state index in [9.17, 15) is 0 Å². The quantitative estimate of drug-likeness (QED) is 0.565. The Bertz CT molecular complexity index is 689. The summed E-state index contributed by atoms with van der Waals surface area (Å²) >= 11 is 0. The third-order valence-corrected chi connectivity index (χ3v) is 3.89. The summed E-state index contributed by atoms with van der Waals surface area (Å²) in [5.74, 6) is 0. The minimum atomic E-state index is 0. The minimum absolute atomic E-state index is 0. The average Bonchev–Trinajstić information content (AvgIpc) is 2.90. The molecule has 20 heavy (non-hydrogen) atoms. The van der Waals surface area contributed by atoms with Gasteiger partial charge in [-0.3, -0.25) is 0 Å². The molecule has 0 aliphatic rings. The average molecular weight is 339 g/mol. The minimum Gasteiger partial charge on any atom is -0.164 e. The Morgan fingerprint density at radius 1 is 0.900 bits per heavy atom. The van der Waals surface area contributed by atoms with Crippen LogP contribution >= 0.6 is 0 Å². The zero-order valence-corrected chi connectivity index (χ0v) is 14.6. The van der Waals surface area contributed by atoms with Crippen LogP contribution in [0.5, 0.6) is 0 Å². The van der Waals surface area contributed by atoms with Crippen LogP contribution in [0.25, 0.3) is 21.9 Å². The third kappa shape index (κ3) is 2.84. The number of fused-ring (bicyclic) bond motifs is 1. The van der Waals surface area contributed by atoms with Gasteiger partial charge in [0.1, 0.15) is 0 Å². The topological polar surface area (TPSA) is 0 Å². The summed E-state index contributed by atoms with van der Waals surface area (Å²) in [5, 5.41) is 2.73. The van der Waals surface area contributed by atoms with Gasteiger partial charge in [-0.05, 0) is 24.0 Å². The molecule has 0 radical (unpaired) electrons. The molecular formula is C19H19Zr-. The number of aryl methyl sites for hydroxylation is 2. The Morgan fingerprint density at radius 3 is 2.30 bits per heavy atom. The van der Waals surface area contributed by atoms with Gasteiger partial charge in [-0.1, -0.05) is 49.7 Å². The number of hydrogen-bond donors (Lipinski definition) is 0. The molecule has 0 heterocycles. The molecule has 0 unspecified atom stereocenters. The molecule has 0 saturated heterocycles. The van der Waals surface area contributed by atoms with Gasteiger partial charge in [0.2, 0.25) is 0 Å². The van der Waals surface area contributed by atoms with E-state index < -0.39 is 0 Å². The van der Waals surface area contributed by atoms with Crippen molar-refractivity contribution in [3.05, 3.63) is 65.7 Å². The zero-order valence-electron chi connectivity index (χ0n) is 12.1. The smallest absolute Gasteiger partial charge is 0 e. The van der Waals surface area contributed by atoms with Crippen LogP contribution in [0.4, 0.5) is 0 Å². The van der Waals surface area contributed by atoms with E-state index in [1.54, 1.807) is 0 Å². The number of benzene rings is 2. The molecule has 0 atom stereocenters. The second-order valence-electron chi connectivity index (χ2n) is 5.08. The Kier molecular flexibility index (Phi) is 5.05. The van der Waals surface area contributed by atoms with Gasteiger partial charge in [0.25, 0.3) is 0 Å². The Morgan fingerprint density at radius 2 is 1.65 bits per heavy atom. The summed E-state index contributed by atoms with van der Waals surface area (Å²) in [6.45, 7) is 4.41. The Hall–Kier alpha value is -1.07. The fourth-order valence-corrected chi connectivity index (χ4v) is 2.67. The van der Waals surface area contributed by atoms with Crippen LogP contribution in [-0.2, 0) is 39.0 Å². The van der Waals surface area contributed by atoms with Gasteiger partial charge in [0.15, 0.2) is 0 Å². The molecule has 100 valence electrons. The van der Waals surface area contributed by atoms with E-state index in [0.717, 1.165) is 12.8 Å². The molecule has 0 aromatic heterocycles. The molecule has 0 aliphatic heterocycles. The van der Waals surface area contributed by atoms with Crippen LogP contribution in [0.1, 0.15) is 25.0 Å². The molecule has 3 aromatic rings. The van der Waals surface area contributed by atoms with Crippen LogP contribution in [0.3, 0.4) is 0 Å². The summed E-state index contributed by atoms with van der Waals surface area (Å²) < 4.78 is 0. The Labute approximate surface area is 140 Å². The predicted octanol–water partition coefficient (Wildman–Crippen LogP) is 5.35. The van der Waals surface area contributed by atoms with E-state index in [0.29, 0.717) is 0 Å². The van der Waals surface area contributed by atoms with Crippen molar-refractivity contribution in [2.24, 2.45) is 0 Å². The predicted molar refractivity (Wildman–Crippen MR) is 83.7 cm³/mol. The van der Waals surface area contributed by atoms with Crippen molar-refractivity contribution in [3.8, 4) is 11.1 Å². The standard InChI is InChI=1S/C19H19.Zr/c1-3-14-8-10-16(11-9-14)18-7-5-6-17-12-15(4-2)13-19(17)18;/h5-13H,3-4H2,1-2H3;/q-1;. The molecule has 0 spiro atoms. The monoisotopic (exact) mass is 337 g/mol.